The predicted molar refractivity (Wildman–Crippen MR) is 293 cm³/mol. The number of unbranched alkanes of at least 4 members (excludes halogenated alkanes) is 1. The number of likely N-dealkylation sites (N-methyl/N-ethyl adjacent to an activating group) is 2. The van der Waals surface area contributed by atoms with Gasteiger partial charge in [-0.3, -0.25) is 14.5 Å². The number of hydrogen-bond acceptors (Lipinski definition) is 18. The maximum absolute atomic E-state index is 14.7. The summed E-state index contributed by atoms with van der Waals surface area (Å²) in [7, 11) is 5.37. The van der Waals surface area contributed by atoms with Crippen LogP contribution >= 0.6 is 0 Å². The van der Waals surface area contributed by atoms with Gasteiger partial charge in [-0.05, 0) is 136 Å². The van der Waals surface area contributed by atoms with E-state index >= 15 is 0 Å². The first-order valence-corrected chi connectivity index (χ1v) is 28.3. The SMILES string of the molecule is CC[C@H]1OC(=O)[C@H](C)[C@@H](C2C[C@@](C)(OC)[C@@H](O)[C@H](C)O2)[C@H](C)[C@@H](O[C@@H]2O[C@H](C)C[C@H](N(C)CCc3cn(CCCCc4ccc(-n5cc(-c6ccccn6)nn5)cc4)nn3)[C@H]2O)[C@](C)(O)C[C@@H](C)CN(C)[C@H](C)[C@@H](O)[C@]1(C)O. The Morgan fingerprint density at radius 1 is 0.872 bits per heavy atom. The molecule has 0 aliphatic carbocycles. The summed E-state index contributed by atoms with van der Waals surface area (Å²) >= 11 is 0. The second-order valence-electron chi connectivity index (χ2n) is 23.9. The molecule has 78 heavy (non-hydrogen) atoms. The van der Waals surface area contributed by atoms with Crippen molar-refractivity contribution in [2.24, 2.45) is 23.7 Å². The number of esters is 1. The van der Waals surface area contributed by atoms with Crippen molar-refractivity contribution in [1.29, 1.82) is 0 Å². The fraction of sp³-hybridized carbons (Fsp3) is 0.724. The number of carbonyl (C=O) groups is 1. The molecule has 6 heterocycles. The summed E-state index contributed by atoms with van der Waals surface area (Å²) in [6.45, 7) is 19.8. The van der Waals surface area contributed by atoms with Crippen LogP contribution in [0, 0.1) is 23.7 Å². The fourth-order valence-corrected chi connectivity index (χ4v) is 12.7. The number of ether oxygens (including phenoxy) is 5. The van der Waals surface area contributed by atoms with Crippen molar-refractivity contribution < 1.29 is 54.0 Å². The van der Waals surface area contributed by atoms with Gasteiger partial charge < -0.3 is 59.0 Å². The van der Waals surface area contributed by atoms with Crippen LogP contribution in [0.2, 0.25) is 0 Å². The lowest BCUT2D eigenvalue weighted by Gasteiger charge is -2.51. The number of pyridine rings is 1. The van der Waals surface area contributed by atoms with Gasteiger partial charge in [0.25, 0.3) is 0 Å². The Labute approximate surface area is 461 Å². The zero-order chi connectivity index (χ0) is 56.9. The van der Waals surface area contributed by atoms with Crippen LogP contribution < -0.4 is 0 Å². The smallest absolute Gasteiger partial charge is 0.309 e. The van der Waals surface area contributed by atoms with E-state index in [-0.39, 0.29) is 37.3 Å². The molecular formula is C58H91N9O11. The van der Waals surface area contributed by atoms with Gasteiger partial charge >= 0.3 is 5.97 Å². The van der Waals surface area contributed by atoms with E-state index in [2.05, 4.69) is 54.8 Å². The average Bonchev–Trinajstić information content (AvgIpc) is 4.15. The Hall–Kier alpha value is -4.32. The largest absolute Gasteiger partial charge is 0.459 e. The molecular weight excluding hydrogens is 999 g/mol. The van der Waals surface area contributed by atoms with Crippen LogP contribution in [0.15, 0.2) is 61.1 Å². The van der Waals surface area contributed by atoms with Gasteiger partial charge in [-0.2, -0.15) is 0 Å². The highest BCUT2D eigenvalue weighted by atomic mass is 16.7. The van der Waals surface area contributed by atoms with E-state index in [4.69, 9.17) is 23.7 Å². The van der Waals surface area contributed by atoms with Crippen molar-refractivity contribution in [3.05, 3.63) is 72.3 Å². The lowest BCUT2D eigenvalue weighted by Crippen LogP contribution is -2.62. The molecule has 3 aliphatic heterocycles. The number of methoxy groups -OCH3 is 1. The Morgan fingerprint density at radius 3 is 2.28 bits per heavy atom. The lowest BCUT2D eigenvalue weighted by molar-refractivity contribution is -0.302. The zero-order valence-corrected chi connectivity index (χ0v) is 48.4. The molecule has 0 bridgehead atoms. The minimum Gasteiger partial charge on any atom is -0.459 e. The minimum absolute atomic E-state index is 0.168. The molecule has 434 valence electrons. The quantitative estimate of drug-likeness (QED) is 0.0728. The van der Waals surface area contributed by atoms with Gasteiger partial charge in [-0.15, -0.1) is 10.2 Å². The molecule has 0 saturated carbocycles. The molecule has 4 aromatic rings. The molecule has 1 unspecified atom stereocenters. The molecule has 3 aromatic heterocycles. The Balaban J connectivity index is 1.03. The molecule has 0 spiro atoms. The number of nitrogens with zero attached hydrogens (tertiary/aromatic N) is 9. The van der Waals surface area contributed by atoms with Gasteiger partial charge in [0.05, 0.1) is 64.8 Å². The van der Waals surface area contributed by atoms with E-state index in [0.29, 0.717) is 25.9 Å². The summed E-state index contributed by atoms with van der Waals surface area (Å²) in [5.74, 6) is -3.11. The van der Waals surface area contributed by atoms with Crippen molar-refractivity contribution in [3.8, 4) is 17.1 Å². The average molecular weight is 1090 g/mol. The first-order chi connectivity index (χ1) is 36.9. The highest BCUT2D eigenvalue weighted by Gasteiger charge is 2.55. The Bertz CT molecular complexity index is 2500. The van der Waals surface area contributed by atoms with Crippen molar-refractivity contribution in [2.45, 2.75) is 211 Å². The number of rotatable bonds is 16. The topological polar surface area (TPSA) is 245 Å². The number of aliphatic hydroxyl groups is 5. The zero-order valence-electron chi connectivity index (χ0n) is 48.4. The van der Waals surface area contributed by atoms with Crippen LogP contribution in [0.1, 0.15) is 119 Å². The van der Waals surface area contributed by atoms with Crippen molar-refractivity contribution in [3.63, 3.8) is 0 Å². The molecule has 0 radical (unpaired) electrons. The van der Waals surface area contributed by atoms with Crippen LogP contribution in [0.5, 0.6) is 0 Å². The summed E-state index contributed by atoms with van der Waals surface area (Å²) in [6, 6.07) is 13.1. The van der Waals surface area contributed by atoms with Gasteiger partial charge in [0, 0.05) is 70.0 Å². The van der Waals surface area contributed by atoms with Gasteiger partial charge in [0.1, 0.15) is 35.7 Å². The molecule has 1 aromatic carbocycles. The summed E-state index contributed by atoms with van der Waals surface area (Å²) in [6.07, 6.45) is 1.76. The number of hydrogen-bond donors (Lipinski definition) is 5. The third-order valence-corrected chi connectivity index (χ3v) is 17.5. The molecule has 5 N–H and O–H groups in total. The molecule has 20 nitrogen and oxygen atoms in total. The summed E-state index contributed by atoms with van der Waals surface area (Å²) in [5, 5.41) is 77.8. The van der Waals surface area contributed by atoms with Crippen LogP contribution in [0.4, 0.5) is 0 Å². The Morgan fingerprint density at radius 2 is 1.60 bits per heavy atom. The number of aliphatic hydroxyl groups excluding tert-OH is 3. The van der Waals surface area contributed by atoms with Gasteiger partial charge in [0.2, 0.25) is 0 Å². The minimum atomic E-state index is -1.81. The molecule has 3 aliphatic rings. The summed E-state index contributed by atoms with van der Waals surface area (Å²) in [4.78, 5) is 23.1. The van der Waals surface area contributed by atoms with E-state index in [1.165, 1.54) is 19.6 Å². The van der Waals surface area contributed by atoms with Gasteiger partial charge in [-0.1, -0.05) is 56.3 Å². The third-order valence-electron chi connectivity index (χ3n) is 17.5. The van der Waals surface area contributed by atoms with Crippen LogP contribution in [-0.2, 0) is 47.9 Å². The van der Waals surface area contributed by atoms with E-state index in [9.17, 15) is 30.3 Å². The molecule has 18 atom stereocenters. The molecule has 7 rings (SSSR count). The van der Waals surface area contributed by atoms with Gasteiger partial charge in [-0.25, -0.2) is 4.68 Å². The maximum Gasteiger partial charge on any atom is 0.309 e. The van der Waals surface area contributed by atoms with Crippen molar-refractivity contribution in [1.82, 2.24) is 44.8 Å². The summed E-state index contributed by atoms with van der Waals surface area (Å²) in [5.41, 5.74) is 0.0483. The van der Waals surface area contributed by atoms with Crippen LogP contribution in [-0.4, -0.2) is 195 Å². The van der Waals surface area contributed by atoms with Crippen LogP contribution in [0.25, 0.3) is 17.1 Å². The normalized spacial score (nSPS) is 37.0. The second kappa shape index (κ2) is 26.1. The van der Waals surface area contributed by atoms with Gasteiger partial charge in [0.15, 0.2) is 6.29 Å². The lowest BCUT2D eigenvalue weighted by atomic mass is 9.68. The fourth-order valence-electron chi connectivity index (χ4n) is 12.7. The number of aromatic nitrogens is 7. The number of cyclic esters (lactones) is 1. The Kier molecular flexibility index (Phi) is 20.5. The first-order valence-electron chi connectivity index (χ1n) is 28.3. The summed E-state index contributed by atoms with van der Waals surface area (Å²) < 4.78 is 36.0. The number of benzene rings is 1. The predicted octanol–water partition coefficient (Wildman–Crippen LogP) is 5.04. The highest BCUT2D eigenvalue weighted by Crippen LogP contribution is 2.45. The van der Waals surface area contributed by atoms with Crippen molar-refractivity contribution >= 4 is 5.97 Å². The van der Waals surface area contributed by atoms with E-state index < -0.39 is 95.6 Å². The monoisotopic (exact) mass is 1090 g/mol. The van der Waals surface area contributed by atoms with Crippen molar-refractivity contribution in [2.75, 3.05) is 34.3 Å². The number of carbonyl (C=O) groups excluding carboxylic acids is 1. The van der Waals surface area contributed by atoms with E-state index in [1.54, 1.807) is 38.6 Å². The first kappa shape index (κ1) is 61.3. The van der Waals surface area contributed by atoms with E-state index in [1.807, 2.05) is 88.9 Å². The maximum atomic E-state index is 14.7. The molecule has 0 amide bonds. The molecule has 3 saturated heterocycles. The van der Waals surface area contributed by atoms with Crippen LogP contribution in [0.3, 0.4) is 0 Å². The van der Waals surface area contributed by atoms with E-state index in [0.717, 1.165) is 48.6 Å². The third kappa shape index (κ3) is 14.2. The highest BCUT2D eigenvalue weighted by molar-refractivity contribution is 5.73. The molecule has 3 fully saturated rings. The number of aryl methyl sites for hydroxylation is 2. The molecule has 20 heteroatoms. The standard InChI is InChI=1S/C58H91N9O11/c1-14-48-58(10,73)51(69)39(6)65(12)32-35(2)30-56(8,72)53(37(4)49(38(5)54(71)77-48)47-31-57(9,74-13)52(70)40(7)76-47)78-55-50(68)46(29-36(3)75-55)64(11)28-25-42-33-66(62-60-42)27-18-16-19-41-21-23-43(24-22-41)67-34-45(61-63-67)44-20-15-17-26-59-44/h15,17,20-24,26,33-40,46-53,55,68-70,72-73H,14,16,18-19,25,27-32H2,1-13H3/t35-,36-,37+,38-,39-,40+,46+,47?,48-,49+,50-,51-,52+,53-,55+,56-,57-,58-/m1/s1. The second-order valence-corrected chi connectivity index (χ2v) is 23.9.